The summed E-state index contributed by atoms with van der Waals surface area (Å²) in [6.45, 7) is 8.97. The van der Waals surface area contributed by atoms with E-state index in [1.54, 1.807) is 29.2 Å². The van der Waals surface area contributed by atoms with Crippen molar-refractivity contribution in [1.29, 1.82) is 0 Å². The molecule has 5 heterocycles. The summed E-state index contributed by atoms with van der Waals surface area (Å²) in [5.74, 6) is -0.239. The highest BCUT2D eigenvalue weighted by Crippen LogP contribution is 2.31. The van der Waals surface area contributed by atoms with Crippen molar-refractivity contribution in [1.82, 2.24) is 50.2 Å². The van der Waals surface area contributed by atoms with Crippen LogP contribution >= 0.6 is 0 Å². The van der Waals surface area contributed by atoms with Crippen LogP contribution in [0.2, 0.25) is 0 Å². The lowest BCUT2D eigenvalue weighted by atomic mass is 9.83. The minimum Gasteiger partial charge on any atom is -0.341 e. The fourth-order valence-electron chi connectivity index (χ4n) is 12.1. The molecule has 10 rings (SSSR count). The first-order valence-electron chi connectivity index (χ1n) is 27.5. The molecular formula is C57H73FN10O6. The molecule has 6 fully saturated rings. The molecule has 0 radical (unpaired) electrons. The van der Waals surface area contributed by atoms with Crippen molar-refractivity contribution >= 4 is 40.3 Å². The van der Waals surface area contributed by atoms with E-state index in [9.17, 15) is 28.8 Å². The van der Waals surface area contributed by atoms with E-state index in [0.717, 1.165) is 115 Å². The average molecular weight is 1010 g/mol. The molecule has 5 amide bonds. The highest BCUT2D eigenvalue weighted by Gasteiger charge is 2.37. The van der Waals surface area contributed by atoms with Crippen LogP contribution in [0, 0.1) is 17.7 Å². The topological polar surface area (TPSA) is 175 Å². The number of halogens is 1. The van der Waals surface area contributed by atoms with Crippen LogP contribution in [0.5, 0.6) is 0 Å². The van der Waals surface area contributed by atoms with Crippen molar-refractivity contribution in [2.75, 3.05) is 98.2 Å². The highest BCUT2D eigenvalue weighted by atomic mass is 19.1. The number of H-pyrrole nitrogens is 1. The van der Waals surface area contributed by atoms with E-state index in [2.05, 4.69) is 36.7 Å². The predicted octanol–water partition coefficient (Wildman–Crippen LogP) is 4.63. The number of rotatable bonds is 15. The maximum Gasteiger partial charge on any atom is 0.272 e. The van der Waals surface area contributed by atoms with E-state index in [0.29, 0.717) is 105 Å². The zero-order valence-electron chi connectivity index (χ0n) is 42.8. The Kier molecular flexibility index (Phi) is 16.5. The number of piperidine rings is 2. The fraction of sp³-hybridized carbons (Fsp3) is 0.561. The second kappa shape index (κ2) is 23.7. The number of benzene rings is 3. The molecule has 16 nitrogen and oxygen atoms in total. The summed E-state index contributed by atoms with van der Waals surface area (Å²) >= 11 is 0. The Labute approximate surface area is 433 Å². The predicted molar refractivity (Wildman–Crippen MR) is 280 cm³/mol. The van der Waals surface area contributed by atoms with Crippen LogP contribution in [0.1, 0.15) is 114 Å². The van der Waals surface area contributed by atoms with Gasteiger partial charge in [-0.15, -0.1) is 0 Å². The van der Waals surface area contributed by atoms with Gasteiger partial charge in [-0.3, -0.25) is 38.6 Å². The average Bonchev–Trinajstić information content (AvgIpc) is 4.28. The minimum atomic E-state index is -0.605. The molecule has 2 atom stereocenters. The van der Waals surface area contributed by atoms with Gasteiger partial charge in [0, 0.05) is 101 Å². The lowest BCUT2D eigenvalue weighted by Gasteiger charge is -2.41. The number of likely N-dealkylation sites (tertiary alicyclic amines) is 2. The van der Waals surface area contributed by atoms with Gasteiger partial charge in [0.25, 0.3) is 17.4 Å². The molecule has 0 unspecified atom stereocenters. The van der Waals surface area contributed by atoms with Gasteiger partial charge in [-0.2, -0.15) is 5.10 Å². The number of carbonyl (C=O) groups is 5. The van der Waals surface area contributed by atoms with E-state index in [1.807, 2.05) is 45.0 Å². The maximum atomic E-state index is 15.1. The van der Waals surface area contributed by atoms with Gasteiger partial charge in [0.1, 0.15) is 11.9 Å². The molecule has 4 aliphatic heterocycles. The smallest absolute Gasteiger partial charge is 0.272 e. The van der Waals surface area contributed by atoms with Crippen LogP contribution in [-0.4, -0.2) is 179 Å². The summed E-state index contributed by atoms with van der Waals surface area (Å²) in [4.78, 5) is 92.9. The molecule has 2 saturated carbocycles. The number of hydrogen-bond donors (Lipinski definition) is 3. The molecule has 74 heavy (non-hydrogen) atoms. The molecule has 2 aliphatic carbocycles. The molecule has 4 aromatic rings. The van der Waals surface area contributed by atoms with Crippen LogP contribution in [-0.2, 0) is 20.8 Å². The van der Waals surface area contributed by atoms with Crippen molar-refractivity contribution < 1.29 is 28.4 Å². The third kappa shape index (κ3) is 12.5. The van der Waals surface area contributed by atoms with Gasteiger partial charge >= 0.3 is 0 Å². The summed E-state index contributed by atoms with van der Waals surface area (Å²) < 4.78 is 15.1. The van der Waals surface area contributed by atoms with E-state index in [1.165, 1.54) is 6.07 Å². The zero-order valence-corrected chi connectivity index (χ0v) is 42.8. The lowest BCUT2D eigenvalue weighted by molar-refractivity contribution is -0.137. The fourth-order valence-corrected chi connectivity index (χ4v) is 12.1. The third-order valence-electron chi connectivity index (χ3n) is 16.8. The molecule has 4 saturated heterocycles. The first-order valence-corrected chi connectivity index (χ1v) is 27.5. The summed E-state index contributed by atoms with van der Waals surface area (Å²) in [7, 11) is 0. The third-order valence-corrected chi connectivity index (χ3v) is 16.8. The van der Waals surface area contributed by atoms with Gasteiger partial charge in [-0.1, -0.05) is 55.7 Å². The number of carbonyl (C=O) groups excluding carboxylic acids is 5. The van der Waals surface area contributed by atoms with E-state index < -0.39 is 17.8 Å². The Morgan fingerprint density at radius 1 is 0.676 bits per heavy atom. The van der Waals surface area contributed by atoms with Crippen molar-refractivity contribution in [3.63, 3.8) is 0 Å². The van der Waals surface area contributed by atoms with Crippen LogP contribution in [0.3, 0.4) is 0 Å². The molecular weight excluding hydrogens is 940 g/mol. The summed E-state index contributed by atoms with van der Waals surface area (Å²) in [5, 5.41) is 14.6. The summed E-state index contributed by atoms with van der Waals surface area (Å²) in [5.41, 5.74) is 2.65. The first-order chi connectivity index (χ1) is 36.0. The normalized spacial score (nSPS) is 21.2. The molecule has 3 N–H and O–H groups in total. The van der Waals surface area contributed by atoms with Gasteiger partial charge < -0.3 is 30.2 Å². The van der Waals surface area contributed by atoms with Gasteiger partial charge in [0.15, 0.2) is 0 Å². The Morgan fingerprint density at radius 3 is 2.16 bits per heavy atom. The van der Waals surface area contributed by atoms with Crippen LogP contribution in [0.25, 0.3) is 10.8 Å². The number of piperazine rings is 2. The number of amides is 5. The molecule has 1 aromatic heterocycles. The number of nitrogens with zero attached hydrogens (tertiary/aromatic N) is 7. The van der Waals surface area contributed by atoms with Crippen LogP contribution in [0.15, 0.2) is 71.5 Å². The van der Waals surface area contributed by atoms with E-state index in [-0.39, 0.29) is 46.6 Å². The molecule has 17 heteroatoms. The van der Waals surface area contributed by atoms with Gasteiger partial charge in [0.2, 0.25) is 17.7 Å². The van der Waals surface area contributed by atoms with E-state index >= 15 is 4.39 Å². The SMILES string of the molecule is O=C(N[C@@H](C(=O)N1CCN(CC2CCN(CC(=O)N3CCN(C(=O)c4cc(Cc5n[nH]c(=O)c6ccccc56)ccc4F)CC3)CC2)CC1)C1CCCCC1)c1cccc([C@H]2CCCN(C(=O)CNC3CC3)C2)c1. The Balaban J connectivity index is 0.654. The number of aromatic amines is 1. The quantitative estimate of drug-likeness (QED) is 0.153. The minimum absolute atomic E-state index is 0.0214. The lowest BCUT2D eigenvalue weighted by Crippen LogP contribution is -2.57. The Bertz CT molecular complexity index is 2720. The Hall–Kier alpha value is -6.04. The number of fused-ring (bicyclic) bond motifs is 1. The second-order valence-electron chi connectivity index (χ2n) is 21.9. The monoisotopic (exact) mass is 1010 g/mol. The maximum absolute atomic E-state index is 15.1. The van der Waals surface area contributed by atoms with E-state index in [4.69, 9.17) is 0 Å². The number of hydrogen-bond acceptors (Lipinski definition) is 10. The van der Waals surface area contributed by atoms with Crippen molar-refractivity contribution in [2.45, 2.75) is 95.1 Å². The molecule has 0 bridgehead atoms. The second-order valence-corrected chi connectivity index (χ2v) is 21.9. The summed E-state index contributed by atoms with van der Waals surface area (Å²) in [6.07, 6.45) is 11.6. The molecule has 3 aromatic carbocycles. The van der Waals surface area contributed by atoms with Crippen LogP contribution in [0.4, 0.5) is 4.39 Å². The molecule has 0 spiro atoms. The largest absolute Gasteiger partial charge is 0.341 e. The van der Waals surface area contributed by atoms with Gasteiger partial charge in [-0.05, 0) is 118 Å². The highest BCUT2D eigenvalue weighted by molar-refractivity contribution is 5.98. The van der Waals surface area contributed by atoms with Crippen molar-refractivity contribution in [3.05, 3.63) is 111 Å². The van der Waals surface area contributed by atoms with Crippen molar-refractivity contribution in [3.8, 4) is 0 Å². The molecule has 394 valence electrons. The van der Waals surface area contributed by atoms with Crippen LogP contribution < -0.4 is 16.2 Å². The Morgan fingerprint density at radius 2 is 1.41 bits per heavy atom. The molecule has 6 aliphatic rings. The number of aromatic nitrogens is 2. The van der Waals surface area contributed by atoms with Gasteiger partial charge in [-0.25, -0.2) is 9.49 Å². The van der Waals surface area contributed by atoms with Crippen molar-refractivity contribution in [2.24, 2.45) is 11.8 Å². The number of nitrogens with one attached hydrogen (secondary N) is 3. The first kappa shape index (κ1) is 51.4. The zero-order chi connectivity index (χ0) is 51.1. The standard InChI is InChI=1S/C57H73FN10O6/c58-49-18-15-40(33-50-46-13-4-5-14-47(46)55(72)62-61-50)32-48(49)56(73)66-30-28-65(29-31-66)52(70)38-63-22-19-39(20-23-63)36-64-24-26-67(27-25-64)57(74)53(41-8-2-1-3-9-41)60-54(71)43-11-6-10-42(34-43)44-12-7-21-68(37-44)51(69)35-59-45-16-17-45/h4-6,10-11,13-15,18,32,34,39,41,44-45,53,59H,1-3,7-9,12,16-17,19-31,33,35-38H2,(H,60,71)(H,62,72)/t44-,53+/m0/s1. The summed E-state index contributed by atoms with van der Waals surface area (Å²) in [6, 6.07) is 19.4. The van der Waals surface area contributed by atoms with Gasteiger partial charge in [0.05, 0.1) is 29.7 Å².